The Morgan fingerprint density at radius 2 is 2.16 bits per heavy atom. The second kappa shape index (κ2) is 6.90. The predicted molar refractivity (Wildman–Crippen MR) is 77.2 cm³/mol. The lowest BCUT2D eigenvalue weighted by atomic mass is 10.3. The van der Waals surface area contributed by atoms with E-state index in [0.29, 0.717) is 10.9 Å². The van der Waals surface area contributed by atoms with Crippen LogP contribution in [0.3, 0.4) is 0 Å². The monoisotopic (exact) mass is 371 g/mol. The van der Waals surface area contributed by atoms with Crippen molar-refractivity contribution in [2.75, 3.05) is 13.7 Å². The van der Waals surface area contributed by atoms with E-state index in [-0.39, 0.29) is 22.3 Å². The fourth-order valence-electron chi connectivity index (χ4n) is 1.47. The molecule has 1 aromatic carbocycles. The normalized spacial score (nSPS) is 13.3. The summed E-state index contributed by atoms with van der Waals surface area (Å²) in [7, 11) is -2.45. The van der Waals surface area contributed by atoms with Crippen LogP contribution in [0, 0.1) is 0 Å². The number of hydrogen-bond donors (Lipinski definition) is 2. The molecular weight excluding hydrogens is 358 g/mol. The van der Waals surface area contributed by atoms with Crippen LogP contribution in [0.15, 0.2) is 21.5 Å². The highest BCUT2D eigenvalue weighted by Crippen LogP contribution is 2.35. The summed E-state index contributed by atoms with van der Waals surface area (Å²) in [5.74, 6) is 0.171. The van der Waals surface area contributed by atoms with Gasteiger partial charge in [-0.15, -0.1) is 0 Å². The number of aliphatic hydroxyl groups excluding tert-OH is 1. The SMILES string of the molecule is CC[C@H](CO)NS(=O)(=O)c1cc(Cl)cc(Br)c1OC. The van der Waals surface area contributed by atoms with Gasteiger partial charge < -0.3 is 9.84 Å². The zero-order valence-corrected chi connectivity index (χ0v) is 13.6. The van der Waals surface area contributed by atoms with Crippen LogP contribution >= 0.6 is 27.5 Å². The Kier molecular flexibility index (Phi) is 6.07. The van der Waals surface area contributed by atoms with E-state index >= 15 is 0 Å². The molecule has 8 heteroatoms. The van der Waals surface area contributed by atoms with Crippen molar-refractivity contribution in [3.63, 3.8) is 0 Å². The van der Waals surface area contributed by atoms with Crippen LogP contribution in [0.25, 0.3) is 0 Å². The van der Waals surface area contributed by atoms with Crippen LogP contribution < -0.4 is 9.46 Å². The molecule has 0 unspecified atom stereocenters. The number of rotatable bonds is 6. The van der Waals surface area contributed by atoms with Gasteiger partial charge in [-0.05, 0) is 34.5 Å². The zero-order chi connectivity index (χ0) is 14.6. The fraction of sp³-hybridized carbons (Fsp3) is 0.455. The van der Waals surface area contributed by atoms with E-state index in [0.717, 1.165) is 0 Å². The van der Waals surface area contributed by atoms with Gasteiger partial charge in [-0.1, -0.05) is 18.5 Å². The number of methoxy groups -OCH3 is 1. The molecule has 1 atom stereocenters. The van der Waals surface area contributed by atoms with Gasteiger partial charge in [-0.2, -0.15) is 0 Å². The van der Waals surface area contributed by atoms with E-state index in [1.54, 1.807) is 13.0 Å². The van der Waals surface area contributed by atoms with Gasteiger partial charge in [0.2, 0.25) is 10.0 Å². The van der Waals surface area contributed by atoms with Gasteiger partial charge in [0.05, 0.1) is 18.2 Å². The van der Waals surface area contributed by atoms with Crippen LogP contribution in [0.2, 0.25) is 5.02 Å². The van der Waals surface area contributed by atoms with E-state index in [1.807, 2.05) is 0 Å². The average Bonchev–Trinajstić information content (AvgIpc) is 2.35. The van der Waals surface area contributed by atoms with Crippen molar-refractivity contribution in [1.82, 2.24) is 4.72 Å². The van der Waals surface area contributed by atoms with Crippen molar-refractivity contribution in [3.8, 4) is 5.75 Å². The first-order valence-electron chi connectivity index (χ1n) is 5.52. The molecule has 0 saturated carbocycles. The molecule has 0 aromatic heterocycles. The summed E-state index contributed by atoms with van der Waals surface area (Å²) in [5, 5.41) is 9.35. The van der Waals surface area contributed by atoms with Gasteiger partial charge in [-0.25, -0.2) is 13.1 Å². The fourth-order valence-corrected chi connectivity index (χ4v) is 4.16. The van der Waals surface area contributed by atoms with Crippen molar-refractivity contribution in [2.24, 2.45) is 0 Å². The summed E-state index contributed by atoms with van der Waals surface area (Å²) in [6, 6.07) is 2.30. The molecule has 1 rings (SSSR count). The number of halogens is 2. The Morgan fingerprint density at radius 3 is 2.63 bits per heavy atom. The van der Waals surface area contributed by atoms with Crippen molar-refractivity contribution < 1.29 is 18.3 Å². The molecule has 2 N–H and O–H groups in total. The summed E-state index contributed by atoms with van der Waals surface area (Å²) in [4.78, 5) is -0.0683. The second-order valence-corrected chi connectivity index (χ2v) is 6.80. The van der Waals surface area contributed by atoms with Gasteiger partial charge in [0.15, 0.2) is 5.75 Å². The largest absolute Gasteiger partial charge is 0.494 e. The molecule has 0 aliphatic heterocycles. The quantitative estimate of drug-likeness (QED) is 0.802. The van der Waals surface area contributed by atoms with Crippen molar-refractivity contribution in [2.45, 2.75) is 24.3 Å². The summed E-state index contributed by atoms with van der Waals surface area (Å²) >= 11 is 9.06. The molecule has 19 heavy (non-hydrogen) atoms. The Morgan fingerprint density at radius 1 is 1.53 bits per heavy atom. The molecule has 1 aromatic rings. The summed E-state index contributed by atoms with van der Waals surface area (Å²) in [5.41, 5.74) is 0. The average molecular weight is 373 g/mol. The lowest BCUT2D eigenvalue weighted by Gasteiger charge is -2.17. The van der Waals surface area contributed by atoms with Crippen molar-refractivity contribution in [1.29, 1.82) is 0 Å². The Balaban J connectivity index is 3.28. The minimum absolute atomic E-state index is 0.0683. The van der Waals surface area contributed by atoms with Crippen LogP contribution in [0.4, 0.5) is 0 Å². The summed E-state index contributed by atoms with van der Waals surface area (Å²) < 4.78 is 32.5. The molecule has 0 heterocycles. The van der Waals surface area contributed by atoms with Crippen LogP contribution in [-0.2, 0) is 10.0 Å². The summed E-state index contributed by atoms with van der Waals surface area (Å²) in [6.07, 6.45) is 0.472. The third-order valence-corrected chi connectivity index (χ3v) is 4.84. The number of nitrogens with one attached hydrogen (secondary N) is 1. The molecule has 0 aliphatic rings. The maximum Gasteiger partial charge on any atom is 0.244 e. The van der Waals surface area contributed by atoms with Gasteiger partial charge >= 0.3 is 0 Å². The first kappa shape index (κ1) is 16.7. The number of hydrogen-bond acceptors (Lipinski definition) is 4. The van der Waals surface area contributed by atoms with E-state index in [2.05, 4.69) is 20.7 Å². The highest BCUT2D eigenvalue weighted by molar-refractivity contribution is 9.10. The van der Waals surface area contributed by atoms with E-state index in [1.165, 1.54) is 13.2 Å². The molecule has 0 amide bonds. The molecular formula is C11H15BrClNO4S. The maximum atomic E-state index is 12.3. The third-order valence-electron chi connectivity index (χ3n) is 2.50. The lowest BCUT2D eigenvalue weighted by Crippen LogP contribution is -2.37. The smallest absolute Gasteiger partial charge is 0.244 e. The van der Waals surface area contributed by atoms with E-state index in [4.69, 9.17) is 21.4 Å². The van der Waals surface area contributed by atoms with Crippen molar-refractivity contribution in [3.05, 3.63) is 21.6 Å². The maximum absolute atomic E-state index is 12.3. The van der Waals surface area contributed by atoms with Crippen LogP contribution in [0.1, 0.15) is 13.3 Å². The first-order valence-corrected chi connectivity index (χ1v) is 8.17. The molecule has 0 saturated heterocycles. The number of aliphatic hydroxyl groups is 1. The Bertz CT molecular complexity index is 546. The predicted octanol–water partition coefficient (Wildman–Crippen LogP) is 2.16. The van der Waals surface area contributed by atoms with Gasteiger partial charge in [-0.3, -0.25) is 0 Å². The Labute approximate surface area is 126 Å². The molecule has 0 fully saturated rings. The van der Waals surface area contributed by atoms with Crippen LogP contribution in [-0.4, -0.2) is 33.3 Å². The highest BCUT2D eigenvalue weighted by Gasteiger charge is 2.24. The second-order valence-electron chi connectivity index (χ2n) is 3.83. The zero-order valence-electron chi connectivity index (χ0n) is 10.5. The lowest BCUT2D eigenvalue weighted by molar-refractivity contribution is 0.253. The first-order chi connectivity index (χ1) is 8.85. The highest BCUT2D eigenvalue weighted by atomic mass is 79.9. The van der Waals surface area contributed by atoms with Crippen LogP contribution in [0.5, 0.6) is 5.75 Å². The molecule has 0 spiro atoms. The summed E-state index contributed by atoms with van der Waals surface area (Å²) in [6.45, 7) is 1.49. The molecule has 0 aliphatic carbocycles. The molecule has 5 nitrogen and oxygen atoms in total. The standard InChI is InChI=1S/C11H15BrClNO4S/c1-3-8(6-15)14-19(16,17)10-5-7(13)4-9(12)11(10)18-2/h4-5,8,14-15H,3,6H2,1-2H3/t8-/m1/s1. The topological polar surface area (TPSA) is 75.6 Å². The van der Waals surface area contributed by atoms with Gasteiger partial charge in [0, 0.05) is 11.1 Å². The number of ether oxygens (including phenoxy) is 1. The van der Waals surface area contributed by atoms with E-state index in [9.17, 15) is 8.42 Å². The molecule has 108 valence electrons. The molecule has 0 radical (unpaired) electrons. The third kappa shape index (κ3) is 4.06. The van der Waals surface area contributed by atoms with E-state index < -0.39 is 16.1 Å². The Hall–Kier alpha value is -0.340. The van der Waals surface area contributed by atoms with Gasteiger partial charge in [0.1, 0.15) is 4.90 Å². The van der Waals surface area contributed by atoms with Crippen molar-refractivity contribution >= 4 is 37.6 Å². The minimum Gasteiger partial charge on any atom is -0.494 e. The number of sulfonamides is 1. The minimum atomic E-state index is -3.82. The van der Waals surface area contributed by atoms with Gasteiger partial charge in [0.25, 0.3) is 0 Å². The number of benzene rings is 1. The molecule has 0 bridgehead atoms.